The van der Waals surface area contributed by atoms with Gasteiger partial charge in [0.25, 0.3) is 5.91 Å². The largest absolute Gasteiger partial charge is 0.497 e. The molecule has 0 spiro atoms. The van der Waals surface area contributed by atoms with Crippen LogP contribution in [0.5, 0.6) is 11.5 Å². The summed E-state index contributed by atoms with van der Waals surface area (Å²) >= 11 is 1.28. The zero-order valence-corrected chi connectivity index (χ0v) is 19.5. The summed E-state index contributed by atoms with van der Waals surface area (Å²) in [5.41, 5.74) is 3.18. The zero-order chi connectivity index (χ0) is 23.1. The van der Waals surface area contributed by atoms with Gasteiger partial charge in [-0.3, -0.25) is 4.79 Å². The number of anilines is 1. The van der Waals surface area contributed by atoms with Gasteiger partial charge in [-0.1, -0.05) is 37.3 Å². The third-order valence-electron chi connectivity index (χ3n) is 4.90. The van der Waals surface area contributed by atoms with Crippen molar-refractivity contribution < 1.29 is 23.8 Å². The van der Waals surface area contributed by atoms with Crippen LogP contribution in [0.2, 0.25) is 0 Å². The second-order valence-corrected chi connectivity index (χ2v) is 7.93. The summed E-state index contributed by atoms with van der Waals surface area (Å²) in [4.78, 5) is 25.6. The smallest absolute Gasteiger partial charge is 0.341 e. The lowest BCUT2D eigenvalue weighted by Gasteiger charge is -2.15. The zero-order valence-electron chi connectivity index (χ0n) is 18.6. The van der Waals surface area contributed by atoms with E-state index in [4.69, 9.17) is 14.2 Å². The summed E-state index contributed by atoms with van der Waals surface area (Å²) in [7, 11) is 1.57. The van der Waals surface area contributed by atoms with Crippen molar-refractivity contribution in [1.82, 2.24) is 0 Å². The third kappa shape index (κ3) is 5.48. The number of thiophene rings is 1. The normalized spacial score (nSPS) is 11.5. The molecule has 32 heavy (non-hydrogen) atoms. The number of hydrogen-bond donors (Lipinski definition) is 1. The SMILES string of the molecule is CCOC(=O)c1c(-c2ccc(CC)cc2)csc1NC(=O)C(C)Oc1cccc(OC)c1. The number of hydrogen-bond acceptors (Lipinski definition) is 6. The molecule has 1 atom stereocenters. The van der Waals surface area contributed by atoms with Crippen LogP contribution in [-0.2, 0) is 16.0 Å². The minimum absolute atomic E-state index is 0.242. The quantitative estimate of drug-likeness (QED) is 0.429. The molecule has 0 saturated carbocycles. The van der Waals surface area contributed by atoms with Crippen LogP contribution in [0.3, 0.4) is 0 Å². The van der Waals surface area contributed by atoms with E-state index in [9.17, 15) is 9.59 Å². The lowest BCUT2D eigenvalue weighted by atomic mass is 10.0. The predicted molar refractivity (Wildman–Crippen MR) is 127 cm³/mol. The number of carbonyl (C=O) groups excluding carboxylic acids is 2. The summed E-state index contributed by atoms with van der Waals surface area (Å²) in [5, 5.41) is 5.13. The van der Waals surface area contributed by atoms with Crippen molar-refractivity contribution in [2.75, 3.05) is 19.0 Å². The predicted octanol–water partition coefficient (Wildman–Crippen LogP) is 5.57. The van der Waals surface area contributed by atoms with Crippen molar-refractivity contribution in [3.63, 3.8) is 0 Å². The second kappa shape index (κ2) is 10.8. The molecule has 1 aromatic heterocycles. The molecule has 0 aliphatic heterocycles. The Morgan fingerprint density at radius 1 is 1.06 bits per heavy atom. The summed E-state index contributed by atoms with van der Waals surface area (Å²) in [6.45, 7) is 5.73. The van der Waals surface area contributed by atoms with E-state index in [-0.39, 0.29) is 12.5 Å². The van der Waals surface area contributed by atoms with Crippen LogP contribution in [0.1, 0.15) is 36.7 Å². The Labute approximate surface area is 192 Å². The van der Waals surface area contributed by atoms with Crippen LogP contribution in [-0.4, -0.2) is 31.7 Å². The Hall–Kier alpha value is -3.32. The lowest BCUT2D eigenvalue weighted by molar-refractivity contribution is -0.122. The van der Waals surface area contributed by atoms with Crippen LogP contribution < -0.4 is 14.8 Å². The molecule has 0 fully saturated rings. The number of nitrogens with one attached hydrogen (secondary N) is 1. The summed E-state index contributed by atoms with van der Waals surface area (Å²) in [6, 6.07) is 15.1. The van der Waals surface area contributed by atoms with Gasteiger partial charge in [0.1, 0.15) is 22.1 Å². The first-order valence-corrected chi connectivity index (χ1v) is 11.3. The van der Waals surface area contributed by atoms with Crippen LogP contribution in [0.15, 0.2) is 53.9 Å². The maximum atomic E-state index is 12.8. The van der Waals surface area contributed by atoms with Crippen molar-refractivity contribution >= 4 is 28.2 Å². The first-order valence-electron chi connectivity index (χ1n) is 10.5. The van der Waals surface area contributed by atoms with Gasteiger partial charge in [-0.25, -0.2) is 4.79 Å². The van der Waals surface area contributed by atoms with E-state index < -0.39 is 12.1 Å². The molecule has 168 valence electrons. The highest BCUT2D eigenvalue weighted by Gasteiger charge is 2.25. The molecule has 0 bridgehead atoms. The van der Waals surface area contributed by atoms with Crippen LogP contribution in [0.4, 0.5) is 5.00 Å². The molecule has 3 aromatic rings. The summed E-state index contributed by atoms with van der Waals surface area (Å²) < 4.78 is 16.2. The maximum Gasteiger partial charge on any atom is 0.341 e. The molecule has 0 radical (unpaired) electrons. The standard InChI is InChI=1S/C25H27NO5S/c1-5-17-10-12-18(13-11-17)21-15-32-24(22(21)25(28)30-6-2)26-23(27)16(3)31-20-9-7-8-19(14-20)29-4/h7-16H,5-6H2,1-4H3,(H,26,27). The van der Waals surface area contributed by atoms with Crippen LogP contribution in [0.25, 0.3) is 11.1 Å². The van der Waals surface area contributed by atoms with E-state index in [0.717, 1.165) is 17.5 Å². The summed E-state index contributed by atoms with van der Waals surface area (Å²) in [6.07, 6.45) is 0.146. The highest BCUT2D eigenvalue weighted by atomic mass is 32.1. The Bertz CT molecular complexity index is 1070. The number of methoxy groups -OCH3 is 1. The lowest BCUT2D eigenvalue weighted by Crippen LogP contribution is -2.30. The fraction of sp³-hybridized carbons (Fsp3) is 0.280. The van der Waals surface area contributed by atoms with Gasteiger partial charge in [0.15, 0.2) is 6.10 Å². The molecule has 1 N–H and O–H groups in total. The fourth-order valence-corrected chi connectivity index (χ4v) is 4.09. The minimum atomic E-state index is -0.786. The molecule has 0 aliphatic rings. The van der Waals surface area contributed by atoms with Crippen molar-refractivity contribution in [2.45, 2.75) is 33.3 Å². The molecule has 1 heterocycles. The van der Waals surface area contributed by atoms with E-state index in [1.165, 1.54) is 16.9 Å². The maximum absolute atomic E-state index is 12.8. The molecule has 0 aliphatic carbocycles. The van der Waals surface area contributed by atoms with Crippen LogP contribution >= 0.6 is 11.3 Å². The highest BCUT2D eigenvalue weighted by Crippen LogP contribution is 2.36. The number of benzene rings is 2. The van der Waals surface area contributed by atoms with E-state index >= 15 is 0 Å². The van der Waals surface area contributed by atoms with Gasteiger partial charge in [-0.15, -0.1) is 11.3 Å². The molecular weight excluding hydrogens is 426 g/mol. The van der Waals surface area contributed by atoms with Gasteiger partial charge >= 0.3 is 5.97 Å². The monoisotopic (exact) mass is 453 g/mol. The highest BCUT2D eigenvalue weighted by molar-refractivity contribution is 7.15. The number of rotatable bonds is 9. The molecule has 1 amide bonds. The number of ether oxygens (including phenoxy) is 3. The Morgan fingerprint density at radius 3 is 2.44 bits per heavy atom. The number of amides is 1. The second-order valence-electron chi connectivity index (χ2n) is 7.05. The first kappa shape index (κ1) is 23.3. The third-order valence-corrected chi connectivity index (χ3v) is 5.80. The van der Waals surface area contributed by atoms with E-state index in [1.54, 1.807) is 45.2 Å². The van der Waals surface area contributed by atoms with Gasteiger partial charge < -0.3 is 19.5 Å². The Balaban J connectivity index is 1.83. The average molecular weight is 454 g/mol. The molecular formula is C25H27NO5S. The van der Waals surface area contributed by atoms with Crippen LogP contribution in [0, 0.1) is 0 Å². The molecule has 2 aromatic carbocycles. The van der Waals surface area contributed by atoms with Gasteiger partial charge in [0.05, 0.1) is 13.7 Å². The number of aryl methyl sites for hydroxylation is 1. The van der Waals surface area contributed by atoms with Crippen molar-refractivity contribution in [3.8, 4) is 22.6 Å². The minimum Gasteiger partial charge on any atom is -0.497 e. The van der Waals surface area contributed by atoms with Gasteiger partial charge in [0, 0.05) is 17.0 Å². The van der Waals surface area contributed by atoms with Gasteiger partial charge in [0.2, 0.25) is 0 Å². The van der Waals surface area contributed by atoms with Gasteiger partial charge in [-0.2, -0.15) is 0 Å². The number of carbonyl (C=O) groups is 2. The topological polar surface area (TPSA) is 73.9 Å². The average Bonchev–Trinajstić information content (AvgIpc) is 3.22. The molecule has 1 unspecified atom stereocenters. The van der Waals surface area contributed by atoms with Crippen molar-refractivity contribution in [1.29, 1.82) is 0 Å². The number of esters is 1. The summed E-state index contributed by atoms with van der Waals surface area (Å²) in [5.74, 6) is 0.310. The molecule has 6 nitrogen and oxygen atoms in total. The first-order chi connectivity index (χ1) is 15.5. The van der Waals surface area contributed by atoms with E-state index in [2.05, 4.69) is 12.2 Å². The van der Waals surface area contributed by atoms with Crippen molar-refractivity contribution in [3.05, 3.63) is 65.0 Å². The van der Waals surface area contributed by atoms with E-state index in [0.29, 0.717) is 22.1 Å². The Morgan fingerprint density at radius 2 is 1.78 bits per heavy atom. The molecule has 3 rings (SSSR count). The molecule has 0 saturated heterocycles. The van der Waals surface area contributed by atoms with E-state index in [1.807, 2.05) is 29.6 Å². The fourth-order valence-electron chi connectivity index (χ4n) is 3.13. The Kier molecular flexibility index (Phi) is 7.89. The van der Waals surface area contributed by atoms with Gasteiger partial charge in [-0.05, 0) is 43.5 Å². The molecule has 7 heteroatoms. The van der Waals surface area contributed by atoms with Crippen molar-refractivity contribution in [2.24, 2.45) is 0 Å².